The normalized spacial score (nSPS) is 9.85. The highest BCUT2D eigenvalue weighted by molar-refractivity contribution is 5.77. The van der Waals surface area contributed by atoms with E-state index in [1.54, 1.807) is 18.8 Å². The van der Waals surface area contributed by atoms with Gasteiger partial charge in [-0.2, -0.15) is 15.8 Å². The Kier molecular flexibility index (Phi) is 25.0. The first-order chi connectivity index (χ1) is 19.5. The molecule has 0 aromatic rings. The number of rotatable bonds is 25. The van der Waals surface area contributed by atoms with Crippen molar-refractivity contribution in [1.29, 1.82) is 15.8 Å². The zero-order chi connectivity index (χ0) is 29.5. The number of unbranched alkanes of at least 4 members (excludes halogenated alkanes) is 9. The van der Waals surface area contributed by atoms with E-state index in [-0.39, 0.29) is 6.42 Å². The first-order valence-corrected chi connectivity index (χ1v) is 13.7. The number of hydrogen-bond acceptors (Lipinski definition) is 11. The van der Waals surface area contributed by atoms with Crippen LogP contribution in [0.15, 0.2) is 0 Å². The Hall–Kier alpha value is -4.12. The fourth-order valence-corrected chi connectivity index (χ4v) is 3.36. The first-order valence-electron chi connectivity index (χ1n) is 13.7. The highest BCUT2D eigenvalue weighted by Gasteiger charge is 2.22. The maximum absolute atomic E-state index is 12.4. The lowest BCUT2D eigenvalue weighted by atomic mass is 10.2. The zero-order valence-electron chi connectivity index (χ0n) is 23.1. The summed E-state index contributed by atoms with van der Waals surface area (Å²) in [5.41, 5.74) is 0. The number of ether oxygens (including phenoxy) is 5. The van der Waals surface area contributed by atoms with Crippen molar-refractivity contribution in [3.63, 3.8) is 0 Å². The van der Waals surface area contributed by atoms with E-state index in [0.717, 1.165) is 64.2 Å². The lowest BCUT2D eigenvalue weighted by molar-refractivity contribution is -0.130. The summed E-state index contributed by atoms with van der Waals surface area (Å²) in [4.78, 5) is 36.8. The standard InChI is InChI=1S/C26H42N6O8/c27-20-36-16-10-4-1-7-13-30-23(33)19-24(39-25(34)31-14-8-2-5-11-17-37-21-28)40-26(35)32-15-9-3-6-12-18-38-22-29/h24H,1-19H2,(H,30,33)(H,31,34)(H,32,35). The molecule has 0 aliphatic carbocycles. The van der Waals surface area contributed by atoms with Gasteiger partial charge in [0, 0.05) is 19.6 Å². The molecule has 0 saturated heterocycles. The van der Waals surface area contributed by atoms with E-state index in [4.69, 9.17) is 25.3 Å². The van der Waals surface area contributed by atoms with Crippen LogP contribution in [0.5, 0.6) is 0 Å². The molecule has 224 valence electrons. The molecule has 0 aromatic carbocycles. The molecular formula is C26H42N6O8. The third-order valence-electron chi connectivity index (χ3n) is 5.40. The Bertz CT molecular complexity index is 704. The molecule has 0 bridgehead atoms. The summed E-state index contributed by atoms with van der Waals surface area (Å²) in [6.07, 6.45) is 10.8. The molecule has 0 unspecified atom stereocenters. The van der Waals surface area contributed by atoms with E-state index in [1.165, 1.54) is 0 Å². The SMILES string of the molecule is N#COCCCCCCNC(=O)CC(OC(=O)NCCCCCCOC#N)OC(=O)NCCCCCCOC#N. The Morgan fingerprint density at radius 1 is 0.525 bits per heavy atom. The second-order valence-corrected chi connectivity index (χ2v) is 8.71. The Morgan fingerprint density at radius 2 is 0.875 bits per heavy atom. The van der Waals surface area contributed by atoms with Crippen molar-refractivity contribution < 1.29 is 38.1 Å². The van der Waals surface area contributed by atoms with E-state index in [9.17, 15) is 14.4 Å². The molecule has 40 heavy (non-hydrogen) atoms. The third-order valence-corrected chi connectivity index (χ3v) is 5.40. The molecule has 3 N–H and O–H groups in total. The van der Waals surface area contributed by atoms with Crippen LogP contribution in [0.3, 0.4) is 0 Å². The van der Waals surface area contributed by atoms with E-state index in [2.05, 4.69) is 30.2 Å². The van der Waals surface area contributed by atoms with Gasteiger partial charge in [-0.15, -0.1) is 0 Å². The molecule has 0 aliphatic rings. The predicted molar refractivity (Wildman–Crippen MR) is 140 cm³/mol. The number of nitrogens with one attached hydrogen (secondary N) is 3. The molecule has 0 radical (unpaired) electrons. The third kappa shape index (κ3) is 25.5. The van der Waals surface area contributed by atoms with Crippen LogP contribution >= 0.6 is 0 Å². The van der Waals surface area contributed by atoms with Gasteiger partial charge < -0.3 is 39.6 Å². The number of nitriles is 3. The minimum Gasteiger partial charge on any atom is -0.428 e. The van der Waals surface area contributed by atoms with Crippen LogP contribution in [0, 0.1) is 34.6 Å². The van der Waals surface area contributed by atoms with Crippen LogP contribution in [0.1, 0.15) is 83.5 Å². The van der Waals surface area contributed by atoms with Crippen molar-refractivity contribution in [3.8, 4) is 18.8 Å². The number of nitrogens with zero attached hydrogens (tertiary/aromatic N) is 3. The monoisotopic (exact) mass is 566 g/mol. The van der Waals surface area contributed by atoms with Crippen LogP contribution in [-0.2, 0) is 28.5 Å². The Labute approximate surface area is 236 Å². The smallest absolute Gasteiger partial charge is 0.410 e. The van der Waals surface area contributed by atoms with Gasteiger partial charge in [0.15, 0.2) is 0 Å². The topological polar surface area (TPSA) is 205 Å². The summed E-state index contributed by atoms with van der Waals surface area (Å²) < 4.78 is 24.2. The van der Waals surface area contributed by atoms with Crippen molar-refractivity contribution in [2.24, 2.45) is 0 Å². The fraction of sp³-hybridized carbons (Fsp3) is 0.769. The van der Waals surface area contributed by atoms with Crippen LogP contribution < -0.4 is 16.0 Å². The first kappa shape index (κ1) is 35.9. The molecular weight excluding hydrogens is 524 g/mol. The predicted octanol–water partition coefficient (Wildman–Crippen LogP) is 3.45. The van der Waals surface area contributed by atoms with Crippen molar-refractivity contribution in [2.45, 2.75) is 89.8 Å². The highest BCUT2D eigenvalue weighted by Crippen LogP contribution is 2.06. The second-order valence-electron chi connectivity index (χ2n) is 8.71. The average Bonchev–Trinajstić information content (AvgIpc) is 2.93. The molecule has 14 heteroatoms. The van der Waals surface area contributed by atoms with Gasteiger partial charge in [0.1, 0.15) is 26.2 Å². The maximum atomic E-state index is 12.4. The molecule has 0 fully saturated rings. The van der Waals surface area contributed by atoms with E-state index in [0.29, 0.717) is 52.3 Å². The van der Waals surface area contributed by atoms with Crippen molar-refractivity contribution in [1.82, 2.24) is 16.0 Å². The maximum Gasteiger partial charge on any atom is 0.410 e. The summed E-state index contributed by atoms with van der Waals surface area (Å²) in [5.74, 6) is -0.433. The quantitative estimate of drug-likeness (QED) is 0.0828. The van der Waals surface area contributed by atoms with E-state index in [1.807, 2.05) is 0 Å². The van der Waals surface area contributed by atoms with Crippen LogP contribution in [0.4, 0.5) is 9.59 Å². The average molecular weight is 567 g/mol. The van der Waals surface area contributed by atoms with E-state index < -0.39 is 24.4 Å². The minimum absolute atomic E-state index is 0.335. The van der Waals surface area contributed by atoms with Crippen molar-refractivity contribution in [3.05, 3.63) is 0 Å². The summed E-state index contributed by atoms with van der Waals surface area (Å²) in [6, 6.07) is 0. The number of alkyl carbamates (subject to hydrolysis) is 2. The zero-order valence-corrected chi connectivity index (χ0v) is 23.1. The Balaban J connectivity index is 4.42. The molecule has 0 rings (SSSR count). The molecule has 3 amide bonds. The number of carbonyl (C=O) groups is 3. The van der Waals surface area contributed by atoms with Gasteiger partial charge in [0.2, 0.25) is 5.91 Å². The van der Waals surface area contributed by atoms with Crippen LogP contribution in [-0.4, -0.2) is 63.8 Å². The number of carbonyl (C=O) groups excluding carboxylic acids is 3. The van der Waals surface area contributed by atoms with Crippen molar-refractivity contribution in [2.75, 3.05) is 39.5 Å². The molecule has 0 aromatic heterocycles. The summed E-state index contributed by atoms with van der Waals surface area (Å²) in [5, 5.41) is 32.8. The van der Waals surface area contributed by atoms with E-state index >= 15 is 0 Å². The second kappa shape index (κ2) is 27.9. The number of amides is 3. The van der Waals surface area contributed by atoms with Gasteiger partial charge in [0.05, 0.1) is 0 Å². The van der Waals surface area contributed by atoms with Gasteiger partial charge in [-0.05, 0) is 57.8 Å². The van der Waals surface area contributed by atoms with Crippen molar-refractivity contribution >= 4 is 18.1 Å². The van der Waals surface area contributed by atoms with Gasteiger partial charge in [-0.3, -0.25) is 4.79 Å². The highest BCUT2D eigenvalue weighted by atomic mass is 16.7. The number of hydrogen-bond donors (Lipinski definition) is 3. The summed E-state index contributed by atoms with van der Waals surface area (Å²) in [7, 11) is 0. The minimum atomic E-state index is -1.41. The van der Waals surface area contributed by atoms with Gasteiger partial charge in [-0.25, -0.2) is 9.59 Å². The van der Waals surface area contributed by atoms with Gasteiger partial charge in [-0.1, -0.05) is 19.3 Å². The molecule has 0 saturated carbocycles. The largest absolute Gasteiger partial charge is 0.428 e. The lowest BCUT2D eigenvalue weighted by Gasteiger charge is -2.19. The van der Waals surface area contributed by atoms with Crippen LogP contribution in [0.2, 0.25) is 0 Å². The lowest BCUT2D eigenvalue weighted by Crippen LogP contribution is -2.38. The Morgan fingerprint density at radius 3 is 1.25 bits per heavy atom. The fourth-order valence-electron chi connectivity index (χ4n) is 3.36. The molecule has 0 heterocycles. The molecule has 14 nitrogen and oxygen atoms in total. The molecule has 0 aliphatic heterocycles. The molecule has 0 spiro atoms. The van der Waals surface area contributed by atoms with Gasteiger partial charge >= 0.3 is 12.2 Å². The molecule has 0 atom stereocenters. The van der Waals surface area contributed by atoms with Gasteiger partial charge in [0.25, 0.3) is 25.1 Å². The van der Waals surface area contributed by atoms with Crippen LogP contribution in [0.25, 0.3) is 0 Å². The summed E-state index contributed by atoms with van der Waals surface area (Å²) in [6.45, 7) is 2.18. The summed E-state index contributed by atoms with van der Waals surface area (Å²) >= 11 is 0.